The molecule has 1 heterocycles. The lowest BCUT2D eigenvalue weighted by atomic mass is 9.91. The Labute approximate surface area is 95.7 Å². The van der Waals surface area contributed by atoms with E-state index in [2.05, 4.69) is 14.7 Å². The molecule has 6 heteroatoms. The fourth-order valence-electron chi connectivity index (χ4n) is 2.17. The first kappa shape index (κ1) is 11.4. The number of H-pyrrole nitrogens is 1. The van der Waals surface area contributed by atoms with E-state index < -0.39 is 10.0 Å². The number of sulfonamides is 1. The number of aromatic nitrogens is 2. The van der Waals surface area contributed by atoms with Crippen LogP contribution in [0.2, 0.25) is 0 Å². The highest BCUT2D eigenvalue weighted by Crippen LogP contribution is 2.25. The Bertz CT molecular complexity index is 407. The molecule has 5 nitrogen and oxygen atoms in total. The Hall–Kier alpha value is -1.04. The van der Waals surface area contributed by atoms with Crippen LogP contribution in [-0.4, -0.2) is 24.1 Å². The van der Waals surface area contributed by atoms with Crippen molar-refractivity contribution < 1.29 is 8.42 Å². The van der Waals surface area contributed by atoms with E-state index in [4.69, 9.17) is 0 Å². The minimum Gasteiger partial charge on any atom is -0.330 e. The van der Waals surface area contributed by atoms with Crippen LogP contribution >= 0.6 is 0 Å². The number of nitrogens with one attached hydrogen (secondary N) is 2. The summed E-state index contributed by atoms with van der Waals surface area (Å²) in [5.41, 5.74) is 0. The van der Waals surface area contributed by atoms with E-state index >= 15 is 0 Å². The van der Waals surface area contributed by atoms with Gasteiger partial charge in [-0.2, -0.15) is 0 Å². The summed E-state index contributed by atoms with van der Waals surface area (Å²) >= 11 is 0. The lowest BCUT2D eigenvalue weighted by molar-refractivity contribution is 0.385. The maximum atomic E-state index is 11.8. The molecule has 1 aliphatic rings. The summed E-state index contributed by atoms with van der Waals surface area (Å²) in [5.74, 6) is 0.824. The molecular weight excluding hydrogens is 226 g/mol. The summed E-state index contributed by atoms with van der Waals surface area (Å²) in [6.07, 6.45) is 8.72. The predicted molar refractivity (Wildman–Crippen MR) is 62.6 cm³/mol. The van der Waals surface area contributed by atoms with Gasteiger partial charge in [0.25, 0.3) is 0 Å². The zero-order valence-electron chi connectivity index (χ0n) is 9.15. The average Bonchev–Trinajstić information content (AvgIpc) is 2.70. The molecule has 90 valence electrons. The second-order valence-corrected chi connectivity index (χ2v) is 6.09. The van der Waals surface area contributed by atoms with E-state index in [1.165, 1.54) is 12.6 Å². The van der Waals surface area contributed by atoms with Gasteiger partial charge in [0.1, 0.15) is 0 Å². The van der Waals surface area contributed by atoms with Crippen LogP contribution < -0.4 is 4.72 Å². The molecule has 16 heavy (non-hydrogen) atoms. The van der Waals surface area contributed by atoms with E-state index in [1.807, 2.05) is 0 Å². The molecule has 1 aromatic rings. The van der Waals surface area contributed by atoms with Crippen LogP contribution in [0.3, 0.4) is 0 Å². The standard InChI is InChI=1S/C10H17N3O2S/c14-16(15,13-10-11-6-7-12-10)8-9-4-2-1-3-5-9/h6-7,9H,1-5,8H2,(H2,11,12,13). The molecule has 2 rings (SSSR count). The van der Waals surface area contributed by atoms with E-state index in [0.717, 1.165) is 25.7 Å². The summed E-state index contributed by atoms with van der Waals surface area (Å²) in [6.45, 7) is 0. The number of anilines is 1. The quantitative estimate of drug-likeness (QED) is 0.845. The van der Waals surface area contributed by atoms with Crippen molar-refractivity contribution in [3.63, 3.8) is 0 Å². The van der Waals surface area contributed by atoms with Crippen molar-refractivity contribution in [1.82, 2.24) is 9.97 Å². The highest BCUT2D eigenvalue weighted by Gasteiger charge is 2.21. The Morgan fingerprint density at radius 3 is 2.75 bits per heavy atom. The average molecular weight is 243 g/mol. The van der Waals surface area contributed by atoms with Crippen molar-refractivity contribution in [2.45, 2.75) is 32.1 Å². The van der Waals surface area contributed by atoms with E-state index in [-0.39, 0.29) is 5.75 Å². The van der Waals surface area contributed by atoms with Gasteiger partial charge in [-0.05, 0) is 18.8 Å². The SMILES string of the molecule is O=S(=O)(CC1CCCCC1)Nc1ncc[nH]1. The number of nitrogens with zero attached hydrogens (tertiary/aromatic N) is 1. The van der Waals surface area contributed by atoms with Crippen molar-refractivity contribution >= 4 is 16.0 Å². The smallest absolute Gasteiger partial charge is 0.235 e. The molecule has 0 spiro atoms. The van der Waals surface area contributed by atoms with Crippen molar-refractivity contribution in [3.05, 3.63) is 12.4 Å². The van der Waals surface area contributed by atoms with Gasteiger partial charge in [0.15, 0.2) is 0 Å². The summed E-state index contributed by atoms with van der Waals surface area (Å²) in [4.78, 5) is 6.58. The second-order valence-electron chi connectivity index (χ2n) is 4.33. The predicted octanol–water partition coefficient (Wildman–Crippen LogP) is 1.73. The van der Waals surface area contributed by atoms with Crippen molar-refractivity contribution in [2.24, 2.45) is 5.92 Å². The Kier molecular flexibility index (Phi) is 3.48. The van der Waals surface area contributed by atoms with E-state index in [9.17, 15) is 8.42 Å². The number of hydrogen-bond acceptors (Lipinski definition) is 3. The molecule has 0 unspecified atom stereocenters. The summed E-state index contributed by atoms with van der Waals surface area (Å²) < 4.78 is 26.0. The summed E-state index contributed by atoms with van der Waals surface area (Å²) in [6, 6.07) is 0. The fraction of sp³-hybridized carbons (Fsp3) is 0.700. The van der Waals surface area contributed by atoms with Crippen LogP contribution in [0.4, 0.5) is 5.95 Å². The monoisotopic (exact) mass is 243 g/mol. The number of aromatic amines is 1. The third kappa shape index (κ3) is 3.23. The highest BCUT2D eigenvalue weighted by molar-refractivity contribution is 7.92. The lowest BCUT2D eigenvalue weighted by Gasteiger charge is -2.21. The van der Waals surface area contributed by atoms with Gasteiger partial charge < -0.3 is 4.98 Å². The molecule has 1 saturated carbocycles. The zero-order valence-corrected chi connectivity index (χ0v) is 9.96. The van der Waals surface area contributed by atoms with Crippen molar-refractivity contribution in [2.75, 3.05) is 10.5 Å². The normalized spacial score (nSPS) is 18.5. The van der Waals surface area contributed by atoms with Gasteiger partial charge in [-0.25, -0.2) is 13.4 Å². The summed E-state index contributed by atoms with van der Waals surface area (Å²) in [5, 5.41) is 0. The molecule has 1 aromatic heterocycles. The van der Waals surface area contributed by atoms with Gasteiger partial charge in [-0.1, -0.05) is 19.3 Å². The number of hydrogen-bond donors (Lipinski definition) is 2. The molecule has 1 fully saturated rings. The Morgan fingerprint density at radius 2 is 2.12 bits per heavy atom. The van der Waals surface area contributed by atoms with Crippen LogP contribution in [0.15, 0.2) is 12.4 Å². The van der Waals surface area contributed by atoms with Crippen LogP contribution in [0.5, 0.6) is 0 Å². The van der Waals surface area contributed by atoms with Crippen molar-refractivity contribution in [1.29, 1.82) is 0 Å². The van der Waals surface area contributed by atoms with Gasteiger partial charge in [0, 0.05) is 12.4 Å². The van der Waals surface area contributed by atoms with Gasteiger partial charge in [0.2, 0.25) is 16.0 Å². The van der Waals surface area contributed by atoms with Crippen LogP contribution in [0.1, 0.15) is 32.1 Å². The molecular formula is C10H17N3O2S. The first-order valence-electron chi connectivity index (χ1n) is 5.65. The molecule has 0 bridgehead atoms. The third-order valence-electron chi connectivity index (χ3n) is 2.93. The number of imidazole rings is 1. The van der Waals surface area contributed by atoms with Crippen LogP contribution in [0.25, 0.3) is 0 Å². The molecule has 2 N–H and O–H groups in total. The Morgan fingerprint density at radius 1 is 1.38 bits per heavy atom. The minimum atomic E-state index is -3.25. The van der Waals surface area contributed by atoms with E-state index in [0.29, 0.717) is 11.9 Å². The molecule has 0 aromatic carbocycles. The molecule has 1 aliphatic carbocycles. The van der Waals surface area contributed by atoms with Gasteiger partial charge in [0.05, 0.1) is 5.75 Å². The first-order valence-corrected chi connectivity index (χ1v) is 7.31. The highest BCUT2D eigenvalue weighted by atomic mass is 32.2. The molecule has 0 radical (unpaired) electrons. The molecule has 0 atom stereocenters. The third-order valence-corrected chi connectivity index (χ3v) is 4.34. The topological polar surface area (TPSA) is 74.8 Å². The van der Waals surface area contributed by atoms with Crippen molar-refractivity contribution in [3.8, 4) is 0 Å². The first-order chi connectivity index (χ1) is 7.66. The largest absolute Gasteiger partial charge is 0.330 e. The molecule has 0 aliphatic heterocycles. The molecule has 0 saturated heterocycles. The van der Waals surface area contributed by atoms with Crippen LogP contribution in [-0.2, 0) is 10.0 Å². The maximum Gasteiger partial charge on any atom is 0.235 e. The summed E-state index contributed by atoms with van der Waals surface area (Å²) in [7, 11) is -3.25. The minimum absolute atomic E-state index is 0.216. The fourth-order valence-corrected chi connectivity index (χ4v) is 3.62. The molecule has 0 amide bonds. The number of rotatable bonds is 4. The Balaban J connectivity index is 1.92. The lowest BCUT2D eigenvalue weighted by Crippen LogP contribution is -2.24. The maximum absolute atomic E-state index is 11.8. The van der Waals surface area contributed by atoms with E-state index in [1.54, 1.807) is 6.20 Å². The van der Waals surface area contributed by atoms with Gasteiger partial charge >= 0.3 is 0 Å². The van der Waals surface area contributed by atoms with Gasteiger partial charge in [-0.3, -0.25) is 4.72 Å². The second kappa shape index (κ2) is 4.86. The van der Waals surface area contributed by atoms with Crippen LogP contribution in [0, 0.1) is 5.92 Å². The zero-order chi connectivity index (χ0) is 11.4. The van der Waals surface area contributed by atoms with Gasteiger partial charge in [-0.15, -0.1) is 0 Å².